The molecular formula is C23H20O. The number of aldehydes is 1. The lowest BCUT2D eigenvalue weighted by atomic mass is 9.47. The SMILES string of the molecule is O=CC1CC(c2ccccc2)(c2ccccc2)[C@H]1c1ccccc1. The van der Waals surface area contributed by atoms with Crippen molar-refractivity contribution in [3.63, 3.8) is 0 Å². The molecule has 0 amide bonds. The molecule has 24 heavy (non-hydrogen) atoms. The van der Waals surface area contributed by atoms with Crippen LogP contribution in [0.15, 0.2) is 91.0 Å². The van der Waals surface area contributed by atoms with Crippen molar-refractivity contribution in [1.29, 1.82) is 0 Å². The molecule has 1 fully saturated rings. The van der Waals surface area contributed by atoms with Crippen molar-refractivity contribution < 1.29 is 4.79 Å². The second-order valence-corrected chi connectivity index (χ2v) is 6.60. The molecular weight excluding hydrogens is 292 g/mol. The molecule has 1 saturated carbocycles. The Kier molecular flexibility index (Phi) is 3.78. The van der Waals surface area contributed by atoms with E-state index in [1.165, 1.54) is 16.7 Å². The molecule has 1 aliphatic rings. The summed E-state index contributed by atoms with van der Waals surface area (Å²) < 4.78 is 0. The molecule has 3 aromatic rings. The first-order valence-electron chi connectivity index (χ1n) is 8.47. The first kappa shape index (κ1) is 14.9. The maximum Gasteiger partial charge on any atom is 0.123 e. The Morgan fingerprint density at radius 3 is 1.62 bits per heavy atom. The largest absolute Gasteiger partial charge is 0.303 e. The third-order valence-electron chi connectivity index (χ3n) is 5.43. The summed E-state index contributed by atoms with van der Waals surface area (Å²) in [5.41, 5.74) is 3.70. The molecule has 0 saturated heterocycles. The molecule has 0 spiro atoms. The van der Waals surface area contributed by atoms with Crippen LogP contribution in [0.5, 0.6) is 0 Å². The molecule has 118 valence electrons. The fourth-order valence-corrected chi connectivity index (χ4v) is 4.37. The summed E-state index contributed by atoms with van der Waals surface area (Å²) in [6.45, 7) is 0. The standard InChI is InChI=1S/C23H20O/c24-17-19-16-23(20-12-6-2-7-13-20,21-14-8-3-9-15-21)22(19)18-10-4-1-5-11-18/h1-15,17,19,22H,16H2/t19?,22-/m0/s1. The fourth-order valence-electron chi connectivity index (χ4n) is 4.37. The van der Waals surface area contributed by atoms with Gasteiger partial charge in [0.05, 0.1) is 0 Å². The van der Waals surface area contributed by atoms with E-state index >= 15 is 0 Å². The molecule has 4 rings (SSSR count). The fraction of sp³-hybridized carbons (Fsp3) is 0.174. The van der Waals surface area contributed by atoms with Gasteiger partial charge in [-0.05, 0) is 23.1 Å². The summed E-state index contributed by atoms with van der Waals surface area (Å²) in [5, 5.41) is 0. The van der Waals surface area contributed by atoms with Crippen LogP contribution in [-0.4, -0.2) is 6.29 Å². The van der Waals surface area contributed by atoms with Crippen molar-refractivity contribution in [3.05, 3.63) is 108 Å². The van der Waals surface area contributed by atoms with Gasteiger partial charge in [0, 0.05) is 17.3 Å². The molecule has 1 unspecified atom stereocenters. The average molecular weight is 312 g/mol. The van der Waals surface area contributed by atoms with E-state index in [1.54, 1.807) is 0 Å². The first-order valence-corrected chi connectivity index (χ1v) is 8.47. The van der Waals surface area contributed by atoms with Crippen molar-refractivity contribution in [2.24, 2.45) is 5.92 Å². The van der Waals surface area contributed by atoms with Crippen LogP contribution in [0, 0.1) is 5.92 Å². The maximum absolute atomic E-state index is 11.7. The number of hydrogen-bond acceptors (Lipinski definition) is 1. The Bertz CT molecular complexity index is 769. The van der Waals surface area contributed by atoms with Gasteiger partial charge in [-0.25, -0.2) is 0 Å². The summed E-state index contributed by atoms with van der Waals surface area (Å²) in [6.07, 6.45) is 2.01. The lowest BCUT2D eigenvalue weighted by molar-refractivity contribution is -0.116. The van der Waals surface area contributed by atoms with Crippen LogP contribution in [0.4, 0.5) is 0 Å². The van der Waals surface area contributed by atoms with E-state index in [2.05, 4.69) is 84.9 Å². The van der Waals surface area contributed by atoms with Gasteiger partial charge < -0.3 is 4.79 Å². The van der Waals surface area contributed by atoms with Gasteiger partial charge in [-0.2, -0.15) is 0 Å². The van der Waals surface area contributed by atoms with Gasteiger partial charge >= 0.3 is 0 Å². The highest BCUT2D eigenvalue weighted by Crippen LogP contribution is 2.60. The maximum atomic E-state index is 11.7. The molecule has 0 heterocycles. The van der Waals surface area contributed by atoms with Gasteiger partial charge in [0.25, 0.3) is 0 Å². The van der Waals surface area contributed by atoms with E-state index < -0.39 is 0 Å². The minimum atomic E-state index is -0.130. The molecule has 0 N–H and O–H groups in total. The average Bonchev–Trinajstić information content (AvgIpc) is 2.64. The molecule has 0 bridgehead atoms. The lowest BCUT2D eigenvalue weighted by Gasteiger charge is -2.55. The molecule has 2 atom stereocenters. The predicted molar refractivity (Wildman–Crippen MR) is 97.0 cm³/mol. The van der Waals surface area contributed by atoms with Gasteiger partial charge in [-0.3, -0.25) is 0 Å². The zero-order valence-electron chi connectivity index (χ0n) is 13.5. The minimum Gasteiger partial charge on any atom is -0.303 e. The number of carbonyl (C=O) groups excluding carboxylic acids is 1. The number of hydrogen-bond donors (Lipinski definition) is 0. The zero-order valence-corrected chi connectivity index (χ0v) is 13.5. The smallest absolute Gasteiger partial charge is 0.123 e. The second kappa shape index (κ2) is 6.09. The van der Waals surface area contributed by atoms with Crippen LogP contribution in [-0.2, 0) is 10.2 Å². The summed E-state index contributed by atoms with van der Waals surface area (Å²) >= 11 is 0. The van der Waals surface area contributed by atoms with Crippen molar-refractivity contribution in [3.8, 4) is 0 Å². The Hall–Kier alpha value is -2.67. The van der Waals surface area contributed by atoms with Crippen LogP contribution in [0.25, 0.3) is 0 Å². The van der Waals surface area contributed by atoms with Gasteiger partial charge in [-0.15, -0.1) is 0 Å². The van der Waals surface area contributed by atoms with Gasteiger partial charge in [0.15, 0.2) is 0 Å². The molecule has 1 aliphatic carbocycles. The highest BCUT2D eigenvalue weighted by molar-refractivity contribution is 5.65. The van der Waals surface area contributed by atoms with E-state index in [9.17, 15) is 4.79 Å². The zero-order chi connectivity index (χ0) is 16.4. The van der Waals surface area contributed by atoms with E-state index in [4.69, 9.17) is 0 Å². The van der Waals surface area contributed by atoms with Crippen LogP contribution in [0.1, 0.15) is 29.0 Å². The van der Waals surface area contributed by atoms with E-state index in [-0.39, 0.29) is 17.3 Å². The molecule has 0 aromatic heterocycles. The molecule has 1 heteroatoms. The third kappa shape index (κ3) is 2.20. The third-order valence-corrected chi connectivity index (χ3v) is 5.43. The highest BCUT2D eigenvalue weighted by atomic mass is 16.1. The molecule has 1 nitrogen and oxygen atoms in total. The van der Waals surface area contributed by atoms with Crippen LogP contribution < -0.4 is 0 Å². The Balaban J connectivity index is 1.92. The van der Waals surface area contributed by atoms with Crippen LogP contribution >= 0.6 is 0 Å². The van der Waals surface area contributed by atoms with Crippen molar-refractivity contribution >= 4 is 6.29 Å². The number of carbonyl (C=O) groups is 1. The highest BCUT2D eigenvalue weighted by Gasteiger charge is 2.56. The molecule has 3 aromatic carbocycles. The summed E-state index contributed by atoms with van der Waals surface area (Å²) in [5.74, 6) is 0.244. The molecule has 0 aliphatic heterocycles. The first-order chi connectivity index (χ1) is 11.9. The quantitative estimate of drug-likeness (QED) is 0.621. The Morgan fingerprint density at radius 2 is 1.17 bits per heavy atom. The lowest BCUT2D eigenvalue weighted by Crippen LogP contribution is -2.51. The van der Waals surface area contributed by atoms with Gasteiger partial charge in [0.1, 0.15) is 6.29 Å². The van der Waals surface area contributed by atoms with Crippen molar-refractivity contribution in [2.45, 2.75) is 17.8 Å². The topological polar surface area (TPSA) is 17.1 Å². The predicted octanol–water partition coefficient (Wildman–Crippen LogP) is 4.98. The summed E-state index contributed by atoms with van der Waals surface area (Å²) in [7, 11) is 0. The summed E-state index contributed by atoms with van der Waals surface area (Å²) in [6, 6.07) is 31.7. The van der Waals surface area contributed by atoms with Crippen molar-refractivity contribution in [1.82, 2.24) is 0 Å². The minimum absolute atomic E-state index is 0.0628. The number of rotatable bonds is 4. The summed E-state index contributed by atoms with van der Waals surface area (Å²) in [4.78, 5) is 11.7. The Morgan fingerprint density at radius 1 is 0.708 bits per heavy atom. The monoisotopic (exact) mass is 312 g/mol. The normalized spacial score (nSPS) is 21.7. The second-order valence-electron chi connectivity index (χ2n) is 6.60. The molecule has 0 radical (unpaired) electrons. The van der Waals surface area contributed by atoms with Crippen LogP contribution in [0.2, 0.25) is 0 Å². The van der Waals surface area contributed by atoms with E-state index in [0.29, 0.717) is 0 Å². The Labute approximate surface area is 143 Å². The number of benzene rings is 3. The van der Waals surface area contributed by atoms with Gasteiger partial charge in [0.2, 0.25) is 0 Å². The van der Waals surface area contributed by atoms with Gasteiger partial charge in [-0.1, -0.05) is 91.0 Å². The van der Waals surface area contributed by atoms with E-state index in [1.807, 2.05) is 6.07 Å². The van der Waals surface area contributed by atoms with E-state index in [0.717, 1.165) is 12.7 Å². The van der Waals surface area contributed by atoms with Crippen LogP contribution in [0.3, 0.4) is 0 Å². The van der Waals surface area contributed by atoms with Crippen molar-refractivity contribution in [2.75, 3.05) is 0 Å².